The third-order valence-corrected chi connectivity index (χ3v) is 4.74. The first-order chi connectivity index (χ1) is 10.8. The zero-order valence-corrected chi connectivity index (χ0v) is 14.6. The van der Waals surface area contributed by atoms with E-state index in [9.17, 15) is 0 Å². The second-order valence-electron chi connectivity index (χ2n) is 4.94. The van der Waals surface area contributed by atoms with E-state index in [4.69, 9.17) is 8.37 Å². The number of hydrogen-bond donors (Lipinski definition) is 0. The molecule has 0 aromatic heterocycles. The molecule has 0 N–H and O–H groups in total. The monoisotopic (exact) mass is 334 g/mol. The van der Waals surface area contributed by atoms with Crippen molar-refractivity contribution in [2.45, 2.75) is 38.9 Å². The average Bonchev–Trinajstić information content (AvgIpc) is 2.60. The molecule has 0 aliphatic rings. The maximum atomic E-state index is 5.86. The summed E-state index contributed by atoms with van der Waals surface area (Å²) in [6.07, 6.45) is 2.07. The molecule has 2 aromatic carbocycles. The van der Waals surface area contributed by atoms with E-state index < -0.39 is 0 Å². The molecule has 2 atom stereocenters. The van der Waals surface area contributed by atoms with Crippen molar-refractivity contribution in [1.82, 2.24) is 0 Å². The van der Waals surface area contributed by atoms with Crippen LogP contribution in [0.5, 0.6) is 0 Å². The molecule has 0 aliphatic heterocycles. The van der Waals surface area contributed by atoms with Gasteiger partial charge in [-0.3, -0.25) is 8.37 Å². The van der Waals surface area contributed by atoms with Gasteiger partial charge < -0.3 is 0 Å². The Labute approximate surface area is 141 Å². The molecule has 4 heteroatoms. The van der Waals surface area contributed by atoms with Crippen molar-refractivity contribution in [3.8, 4) is 0 Å². The first kappa shape index (κ1) is 17.4. The van der Waals surface area contributed by atoms with Crippen LogP contribution in [0.25, 0.3) is 0 Å². The minimum atomic E-state index is 0.0964. The van der Waals surface area contributed by atoms with Crippen LogP contribution < -0.4 is 0 Å². The molecule has 0 spiro atoms. The van der Waals surface area contributed by atoms with Crippen molar-refractivity contribution in [2.75, 3.05) is 0 Å². The number of hydrogen-bond acceptors (Lipinski definition) is 4. The van der Waals surface area contributed by atoms with Gasteiger partial charge in [0.05, 0.1) is 34.4 Å². The second kappa shape index (κ2) is 9.95. The first-order valence-corrected chi connectivity index (χ1v) is 9.60. The third-order valence-electron chi connectivity index (χ3n) is 3.42. The predicted molar refractivity (Wildman–Crippen MR) is 96.3 cm³/mol. The Morgan fingerprint density at radius 1 is 0.682 bits per heavy atom. The normalized spacial score (nSPS) is 13.7. The fraction of sp³-hybridized carbons (Fsp3) is 0.333. The topological polar surface area (TPSA) is 18.5 Å². The quantitative estimate of drug-likeness (QED) is 0.294. The molecule has 2 nitrogen and oxygen atoms in total. The van der Waals surface area contributed by atoms with Crippen molar-refractivity contribution < 1.29 is 8.37 Å². The van der Waals surface area contributed by atoms with E-state index in [-0.39, 0.29) is 12.2 Å². The summed E-state index contributed by atoms with van der Waals surface area (Å²) in [6, 6.07) is 20.6. The summed E-state index contributed by atoms with van der Waals surface area (Å²) in [5, 5.41) is 0. The molecule has 0 bridgehead atoms. The lowest BCUT2D eigenvalue weighted by atomic mass is 10.1. The summed E-state index contributed by atoms with van der Waals surface area (Å²) < 4.78 is 11.7. The summed E-state index contributed by atoms with van der Waals surface area (Å²) in [4.78, 5) is 0. The van der Waals surface area contributed by atoms with Gasteiger partial charge in [-0.25, -0.2) is 0 Å². The Morgan fingerprint density at radius 3 is 1.36 bits per heavy atom. The van der Waals surface area contributed by atoms with Gasteiger partial charge in [0.15, 0.2) is 0 Å². The van der Waals surface area contributed by atoms with Crippen molar-refractivity contribution in [1.29, 1.82) is 0 Å². The summed E-state index contributed by atoms with van der Waals surface area (Å²) in [7, 11) is 0. The van der Waals surface area contributed by atoms with Crippen molar-refractivity contribution >= 4 is 22.1 Å². The summed E-state index contributed by atoms with van der Waals surface area (Å²) in [5.74, 6) is 0. The first-order valence-electron chi connectivity index (χ1n) is 7.60. The molecular formula is C18H22O2S2. The Balaban J connectivity index is 1.78. The molecule has 2 rings (SSSR count). The zero-order chi connectivity index (χ0) is 15.6. The highest BCUT2D eigenvalue weighted by Gasteiger charge is 2.13. The van der Waals surface area contributed by atoms with Gasteiger partial charge in [0.25, 0.3) is 0 Å². The van der Waals surface area contributed by atoms with Gasteiger partial charge in [-0.1, -0.05) is 74.5 Å². The highest BCUT2D eigenvalue weighted by molar-refractivity contribution is 8.73. The highest BCUT2D eigenvalue weighted by atomic mass is 33.1. The SMILES string of the molecule is CCC(OSSOC(CC)c1ccccc1)c1ccccc1. The lowest BCUT2D eigenvalue weighted by molar-refractivity contribution is 0.236. The van der Waals surface area contributed by atoms with Gasteiger partial charge in [-0.15, -0.1) is 0 Å². The summed E-state index contributed by atoms with van der Waals surface area (Å²) in [6.45, 7) is 4.26. The Hall–Kier alpha value is -0.940. The molecule has 0 radical (unpaired) electrons. The maximum absolute atomic E-state index is 5.86. The fourth-order valence-electron chi connectivity index (χ4n) is 2.18. The van der Waals surface area contributed by atoms with Crippen LogP contribution in [0.3, 0.4) is 0 Å². The Bertz CT molecular complexity index is 470. The highest BCUT2D eigenvalue weighted by Crippen LogP contribution is 2.37. The molecule has 2 aromatic rings. The van der Waals surface area contributed by atoms with Gasteiger partial charge in [-0.05, 0) is 24.0 Å². The van der Waals surface area contributed by atoms with E-state index in [1.54, 1.807) is 0 Å². The van der Waals surface area contributed by atoms with Gasteiger partial charge in [0, 0.05) is 0 Å². The molecular weight excluding hydrogens is 312 g/mol. The summed E-state index contributed by atoms with van der Waals surface area (Å²) >= 11 is 2.63. The lowest BCUT2D eigenvalue weighted by Gasteiger charge is -2.17. The zero-order valence-electron chi connectivity index (χ0n) is 13.0. The van der Waals surface area contributed by atoms with Crippen LogP contribution in [-0.2, 0) is 8.37 Å². The van der Waals surface area contributed by atoms with Crippen LogP contribution >= 0.6 is 22.1 Å². The van der Waals surface area contributed by atoms with Crippen molar-refractivity contribution in [3.63, 3.8) is 0 Å². The van der Waals surface area contributed by atoms with E-state index in [1.165, 1.54) is 33.3 Å². The number of rotatable bonds is 9. The predicted octanol–water partition coefficient (Wildman–Crippen LogP) is 6.53. The van der Waals surface area contributed by atoms with Crippen LogP contribution in [-0.4, -0.2) is 0 Å². The van der Waals surface area contributed by atoms with E-state index in [2.05, 4.69) is 38.1 Å². The van der Waals surface area contributed by atoms with Gasteiger partial charge in [0.2, 0.25) is 0 Å². The van der Waals surface area contributed by atoms with E-state index in [0.29, 0.717) is 0 Å². The van der Waals surface area contributed by atoms with Crippen LogP contribution in [0.4, 0.5) is 0 Å². The van der Waals surface area contributed by atoms with Crippen LogP contribution in [0.15, 0.2) is 60.7 Å². The summed E-state index contributed by atoms with van der Waals surface area (Å²) in [5.41, 5.74) is 2.40. The van der Waals surface area contributed by atoms with E-state index >= 15 is 0 Å². The smallest absolute Gasteiger partial charge is 0.0980 e. The number of benzene rings is 2. The van der Waals surface area contributed by atoms with Crippen molar-refractivity contribution in [3.05, 3.63) is 71.8 Å². The molecule has 0 saturated heterocycles. The van der Waals surface area contributed by atoms with E-state index in [0.717, 1.165) is 12.8 Å². The van der Waals surface area contributed by atoms with Crippen LogP contribution in [0.1, 0.15) is 50.0 Å². The van der Waals surface area contributed by atoms with Gasteiger partial charge in [-0.2, -0.15) is 0 Å². The van der Waals surface area contributed by atoms with Crippen LogP contribution in [0.2, 0.25) is 0 Å². The average molecular weight is 335 g/mol. The molecule has 2 unspecified atom stereocenters. The molecule has 0 saturated carbocycles. The van der Waals surface area contributed by atoms with Crippen molar-refractivity contribution in [2.24, 2.45) is 0 Å². The Kier molecular flexibility index (Phi) is 7.88. The second-order valence-corrected chi connectivity index (χ2v) is 6.42. The van der Waals surface area contributed by atoms with Gasteiger partial charge >= 0.3 is 0 Å². The van der Waals surface area contributed by atoms with Crippen LogP contribution in [0, 0.1) is 0 Å². The minimum absolute atomic E-state index is 0.0964. The maximum Gasteiger partial charge on any atom is 0.0980 e. The largest absolute Gasteiger partial charge is 0.295 e. The molecule has 22 heavy (non-hydrogen) atoms. The van der Waals surface area contributed by atoms with E-state index in [1.807, 2.05) is 36.4 Å². The Morgan fingerprint density at radius 2 is 1.05 bits per heavy atom. The standard InChI is InChI=1S/C18H22O2S2/c1-3-17(15-11-7-5-8-12-15)19-21-22-20-18(4-2)16-13-9-6-10-14-16/h5-14,17-18H,3-4H2,1-2H3. The molecule has 0 heterocycles. The molecule has 0 amide bonds. The molecule has 0 aliphatic carbocycles. The minimum Gasteiger partial charge on any atom is -0.295 e. The lowest BCUT2D eigenvalue weighted by Crippen LogP contribution is -1.99. The van der Waals surface area contributed by atoms with Gasteiger partial charge in [0.1, 0.15) is 0 Å². The third kappa shape index (κ3) is 5.36. The molecule has 0 fully saturated rings. The molecule has 118 valence electrons. The fourth-order valence-corrected chi connectivity index (χ4v) is 3.69.